The summed E-state index contributed by atoms with van der Waals surface area (Å²) in [5.41, 5.74) is 0. The first-order valence-corrected chi connectivity index (χ1v) is 5.10. The lowest BCUT2D eigenvalue weighted by Crippen LogP contribution is -1.97. The molecule has 0 fully saturated rings. The van der Waals surface area contributed by atoms with Gasteiger partial charge >= 0.3 is 0 Å². The monoisotopic (exact) mass is 170 g/mol. The van der Waals surface area contributed by atoms with Crippen LogP contribution in [0.5, 0.6) is 0 Å². The fourth-order valence-electron chi connectivity index (χ4n) is 1.10. The number of hydrogen-bond donors (Lipinski definition) is 1. The van der Waals surface area contributed by atoms with Crippen molar-refractivity contribution in [2.45, 2.75) is 58.5 Å². The Kier molecular flexibility index (Phi) is 8.57. The van der Waals surface area contributed by atoms with E-state index in [-0.39, 0.29) is 6.10 Å². The van der Waals surface area contributed by atoms with Gasteiger partial charge in [-0.15, -0.1) is 0 Å². The SMILES string of the molecule is CCC/C=C\CCCCC(C)O. The normalized spacial score (nSPS) is 13.9. The lowest BCUT2D eigenvalue weighted by Gasteiger charge is -2.00. The molecule has 1 nitrogen and oxygen atoms in total. The molecule has 1 N–H and O–H groups in total. The number of rotatable bonds is 7. The molecule has 1 unspecified atom stereocenters. The van der Waals surface area contributed by atoms with Crippen LogP contribution in [0.2, 0.25) is 0 Å². The molecule has 1 heteroatoms. The maximum Gasteiger partial charge on any atom is 0.0512 e. The molecule has 0 spiro atoms. The first kappa shape index (κ1) is 11.7. The highest BCUT2D eigenvalue weighted by Crippen LogP contribution is 2.04. The lowest BCUT2D eigenvalue weighted by atomic mass is 10.1. The van der Waals surface area contributed by atoms with Gasteiger partial charge in [-0.05, 0) is 32.6 Å². The van der Waals surface area contributed by atoms with Gasteiger partial charge in [0.25, 0.3) is 0 Å². The van der Waals surface area contributed by atoms with Crippen molar-refractivity contribution in [3.05, 3.63) is 12.2 Å². The molecular formula is C11H22O. The first-order chi connectivity index (χ1) is 5.77. The molecule has 0 aliphatic rings. The van der Waals surface area contributed by atoms with Crippen LogP contribution in [0, 0.1) is 0 Å². The summed E-state index contributed by atoms with van der Waals surface area (Å²) in [6.45, 7) is 4.05. The molecule has 0 aromatic carbocycles. The van der Waals surface area contributed by atoms with E-state index < -0.39 is 0 Å². The Labute approximate surface area is 76.5 Å². The Balaban J connectivity index is 3.00. The van der Waals surface area contributed by atoms with Gasteiger partial charge in [0.1, 0.15) is 0 Å². The Bertz CT molecular complexity index is 106. The van der Waals surface area contributed by atoms with Crippen LogP contribution in [-0.2, 0) is 0 Å². The van der Waals surface area contributed by atoms with Crippen LogP contribution < -0.4 is 0 Å². The third-order valence-electron chi connectivity index (χ3n) is 1.86. The predicted molar refractivity (Wildman–Crippen MR) is 54.2 cm³/mol. The van der Waals surface area contributed by atoms with E-state index in [1.165, 1.54) is 25.7 Å². The number of unbranched alkanes of at least 4 members (excludes halogenated alkanes) is 3. The zero-order valence-electron chi connectivity index (χ0n) is 8.42. The second kappa shape index (κ2) is 8.79. The molecule has 0 saturated carbocycles. The smallest absolute Gasteiger partial charge is 0.0512 e. The minimum atomic E-state index is -0.121. The molecule has 0 amide bonds. The van der Waals surface area contributed by atoms with E-state index in [1.54, 1.807) is 0 Å². The van der Waals surface area contributed by atoms with Crippen LogP contribution >= 0.6 is 0 Å². The zero-order valence-corrected chi connectivity index (χ0v) is 8.42. The molecule has 0 heterocycles. The molecule has 0 aromatic rings. The lowest BCUT2D eigenvalue weighted by molar-refractivity contribution is 0.181. The van der Waals surface area contributed by atoms with Crippen LogP contribution in [0.25, 0.3) is 0 Å². The maximum absolute atomic E-state index is 8.98. The van der Waals surface area contributed by atoms with Gasteiger partial charge in [0.15, 0.2) is 0 Å². The average Bonchev–Trinajstić information content (AvgIpc) is 2.02. The van der Waals surface area contributed by atoms with Crippen molar-refractivity contribution >= 4 is 0 Å². The predicted octanol–water partition coefficient (Wildman–Crippen LogP) is 3.28. The summed E-state index contributed by atoms with van der Waals surface area (Å²) in [5, 5.41) is 8.98. The van der Waals surface area contributed by atoms with Gasteiger partial charge in [-0.1, -0.05) is 31.9 Å². The summed E-state index contributed by atoms with van der Waals surface area (Å²) in [6, 6.07) is 0. The van der Waals surface area contributed by atoms with E-state index in [4.69, 9.17) is 5.11 Å². The van der Waals surface area contributed by atoms with Gasteiger partial charge in [0, 0.05) is 0 Å². The summed E-state index contributed by atoms with van der Waals surface area (Å²) < 4.78 is 0. The zero-order chi connectivity index (χ0) is 9.23. The van der Waals surface area contributed by atoms with Gasteiger partial charge in [-0.3, -0.25) is 0 Å². The standard InChI is InChI=1S/C11H22O/c1-3-4-5-6-7-8-9-10-11(2)12/h5-6,11-12H,3-4,7-10H2,1-2H3/b6-5-. The minimum Gasteiger partial charge on any atom is -0.393 e. The highest BCUT2D eigenvalue weighted by atomic mass is 16.3. The van der Waals surface area contributed by atoms with Crippen molar-refractivity contribution in [1.82, 2.24) is 0 Å². The topological polar surface area (TPSA) is 20.2 Å². The van der Waals surface area contributed by atoms with Crippen molar-refractivity contribution in [2.75, 3.05) is 0 Å². The Morgan fingerprint density at radius 3 is 2.42 bits per heavy atom. The maximum atomic E-state index is 8.98. The molecule has 1 atom stereocenters. The molecule has 0 radical (unpaired) electrons. The molecule has 72 valence electrons. The van der Waals surface area contributed by atoms with Crippen molar-refractivity contribution in [3.8, 4) is 0 Å². The van der Waals surface area contributed by atoms with E-state index in [0.717, 1.165) is 12.8 Å². The molecule has 0 aliphatic carbocycles. The van der Waals surface area contributed by atoms with Crippen molar-refractivity contribution in [1.29, 1.82) is 0 Å². The molecular weight excluding hydrogens is 148 g/mol. The third kappa shape index (κ3) is 9.70. The highest BCUT2D eigenvalue weighted by Gasteiger charge is 1.93. The van der Waals surface area contributed by atoms with E-state index in [1.807, 2.05) is 6.92 Å². The second-order valence-electron chi connectivity index (χ2n) is 3.39. The van der Waals surface area contributed by atoms with Gasteiger partial charge in [0.2, 0.25) is 0 Å². The average molecular weight is 170 g/mol. The summed E-state index contributed by atoms with van der Waals surface area (Å²) >= 11 is 0. The quantitative estimate of drug-likeness (QED) is 0.459. The molecule has 0 aliphatic heterocycles. The highest BCUT2D eigenvalue weighted by molar-refractivity contribution is 4.80. The molecule has 0 saturated heterocycles. The van der Waals surface area contributed by atoms with E-state index in [2.05, 4.69) is 19.1 Å². The fourth-order valence-corrected chi connectivity index (χ4v) is 1.10. The summed E-state index contributed by atoms with van der Waals surface area (Å²) in [5.74, 6) is 0. The van der Waals surface area contributed by atoms with Crippen LogP contribution in [0.1, 0.15) is 52.4 Å². The molecule has 0 aromatic heterocycles. The van der Waals surface area contributed by atoms with Gasteiger partial charge in [-0.25, -0.2) is 0 Å². The Morgan fingerprint density at radius 2 is 1.83 bits per heavy atom. The second-order valence-corrected chi connectivity index (χ2v) is 3.39. The van der Waals surface area contributed by atoms with Crippen LogP contribution in [0.4, 0.5) is 0 Å². The van der Waals surface area contributed by atoms with E-state index in [0.29, 0.717) is 0 Å². The minimum absolute atomic E-state index is 0.121. The van der Waals surface area contributed by atoms with E-state index >= 15 is 0 Å². The third-order valence-corrected chi connectivity index (χ3v) is 1.86. The number of aliphatic hydroxyl groups is 1. The van der Waals surface area contributed by atoms with Gasteiger partial charge < -0.3 is 5.11 Å². The summed E-state index contributed by atoms with van der Waals surface area (Å²) in [6.07, 6.45) is 11.3. The molecule has 0 bridgehead atoms. The number of aliphatic hydroxyl groups excluding tert-OH is 1. The van der Waals surface area contributed by atoms with Crippen molar-refractivity contribution < 1.29 is 5.11 Å². The van der Waals surface area contributed by atoms with Crippen LogP contribution in [0.15, 0.2) is 12.2 Å². The summed E-state index contributed by atoms with van der Waals surface area (Å²) in [7, 11) is 0. The Morgan fingerprint density at radius 1 is 1.17 bits per heavy atom. The molecule has 0 rings (SSSR count). The van der Waals surface area contributed by atoms with Crippen molar-refractivity contribution in [3.63, 3.8) is 0 Å². The fraction of sp³-hybridized carbons (Fsp3) is 0.818. The largest absolute Gasteiger partial charge is 0.393 e. The first-order valence-electron chi connectivity index (χ1n) is 5.10. The van der Waals surface area contributed by atoms with Crippen LogP contribution in [0.3, 0.4) is 0 Å². The van der Waals surface area contributed by atoms with Crippen molar-refractivity contribution in [2.24, 2.45) is 0 Å². The Hall–Kier alpha value is -0.300. The number of hydrogen-bond acceptors (Lipinski definition) is 1. The van der Waals surface area contributed by atoms with Crippen LogP contribution in [-0.4, -0.2) is 11.2 Å². The summed E-state index contributed by atoms with van der Waals surface area (Å²) in [4.78, 5) is 0. The molecule has 12 heavy (non-hydrogen) atoms. The van der Waals surface area contributed by atoms with Gasteiger partial charge in [0.05, 0.1) is 6.10 Å². The van der Waals surface area contributed by atoms with E-state index in [9.17, 15) is 0 Å². The number of allylic oxidation sites excluding steroid dienone is 2. The van der Waals surface area contributed by atoms with Gasteiger partial charge in [-0.2, -0.15) is 0 Å².